The Labute approximate surface area is 65.8 Å². The van der Waals surface area contributed by atoms with Crippen LogP contribution in [0.15, 0.2) is 11.1 Å². The lowest BCUT2D eigenvalue weighted by Gasteiger charge is -2.17. The van der Waals surface area contributed by atoms with E-state index < -0.39 is 0 Å². The van der Waals surface area contributed by atoms with Crippen molar-refractivity contribution in [3.05, 3.63) is 11.1 Å². The Morgan fingerprint density at radius 1 is 1.80 bits per heavy atom. The van der Waals surface area contributed by atoms with E-state index in [9.17, 15) is 0 Å². The van der Waals surface area contributed by atoms with E-state index in [4.69, 9.17) is 16.8 Å². The van der Waals surface area contributed by atoms with Crippen molar-refractivity contribution in [1.29, 1.82) is 0 Å². The summed E-state index contributed by atoms with van der Waals surface area (Å²) in [5.41, 5.74) is 2.18. The molecule has 1 rings (SSSR count). The van der Waals surface area contributed by atoms with Crippen LogP contribution in [0.1, 0.15) is 19.3 Å². The molecular formula is C7H12ClNO. The van der Waals surface area contributed by atoms with Crippen LogP contribution in [0.5, 0.6) is 0 Å². The van der Waals surface area contributed by atoms with Gasteiger partial charge in [-0.25, -0.2) is 5.48 Å². The molecule has 1 aliphatic carbocycles. The Kier molecular flexibility index (Phi) is 3.19. The minimum Gasteiger partial charge on any atom is -0.317 e. The molecule has 0 aromatic heterocycles. The summed E-state index contributed by atoms with van der Waals surface area (Å²) in [7, 11) is 0. The molecule has 3 heteroatoms. The highest BCUT2D eigenvalue weighted by atomic mass is 35.5. The van der Waals surface area contributed by atoms with Gasteiger partial charge in [0.2, 0.25) is 0 Å². The smallest absolute Gasteiger partial charge is 0.0238 e. The van der Waals surface area contributed by atoms with E-state index in [1.54, 1.807) is 0 Å². The maximum atomic E-state index is 8.38. The van der Waals surface area contributed by atoms with Crippen molar-refractivity contribution in [3.63, 3.8) is 0 Å². The molecule has 0 aliphatic heterocycles. The second-order valence-electron chi connectivity index (χ2n) is 2.65. The Bertz CT molecular complexity index is 136. The Morgan fingerprint density at radius 3 is 3.10 bits per heavy atom. The van der Waals surface area contributed by atoms with Crippen LogP contribution in [0.25, 0.3) is 0 Å². The molecule has 0 bridgehead atoms. The number of nitrogens with one attached hydrogen (secondary N) is 1. The van der Waals surface area contributed by atoms with E-state index in [-0.39, 0.29) is 0 Å². The van der Waals surface area contributed by atoms with Gasteiger partial charge in [-0.3, -0.25) is 0 Å². The molecule has 10 heavy (non-hydrogen) atoms. The molecule has 2 nitrogen and oxygen atoms in total. The summed E-state index contributed by atoms with van der Waals surface area (Å²) in [5, 5.41) is 9.35. The highest BCUT2D eigenvalue weighted by Crippen LogP contribution is 2.24. The lowest BCUT2D eigenvalue weighted by molar-refractivity contribution is 0.146. The van der Waals surface area contributed by atoms with E-state index in [0.29, 0.717) is 12.5 Å². The molecular weight excluding hydrogens is 150 g/mol. The predicted molar refractivity (Wildman–Crippen MR) is 41.1 cm³/mol. The van der Waals surface area contributed by atoms with Crippen molar-refractivity contribution in [1.82, 2.24) is 5.48 Å². The molecule has 58 valence electrons. The predicted octanol–water partition coefficient (Wildman–Crippen LogP) is 1.89. The van der Waals surface area contributed by atoms with Crippen LogP contribution in [0.3, 0.4) is 0 Å². The summed E-state index contributed by atoms with van der Waals surface area (Å²) >= 11 is 5.76. The first-order valence-corrected chi connectivity index (χ1v) is 3.92. The number of rotatable bonds is 2. The third kappa shape index (κ3) is 2.29. The summed E-state index contributed by atoms with van der Waals surface area (Å²) in [5.74, 6) is 0.562. The first-order chi connectivity index (χ1) is 4.83. The highest BCUT2D eigenvalue weighted by Gasteiger charge is 2.11. The van der Waals surface area contributed by atoms with E-state index in [1.807, 2.05) is 6.08 Å². The SMILES string of the molecule is ONC[C@@H]1CC=C(Cl)CC1. The zero-order chi connectivity index (χ0) is 7.40. The van der Waals surface area contributed by atoms with Crippen LogP contribution in [0, 0.1) is 5.92 Å². The zero-order valence-electron chi connectivity index (χ0n) is 5.81. The van der Waals surface area contributed by atoms with Gasteiger partial charge in [0.15, 0.2) is 0 Å². The summed E-state index contributed by atoms with van der Waals surface area (Å²) < 4.78 is 0. The maximum Gasteiger partial charge on any atom is 0.0238 e. The first-order valence-electron chi connectivity index (χ1n) is 3.54. The number of allylic oxidation sites excluding steroid dienone is 2. The monoisotopic (exact) mass is 161 g/mol. The molecule has 0 saturated heterocycles. The highest BCUT2D eigenvalue weighted by molar-refractivity contribution is 6.29. The maximum absolute atomic E-state index is 8.38. The van der Waals surface area contributed by atoms with Crippen molar-refractivity contribution in [2.75, 3.05) is 6.54 Å². The van der Waals surface area contributed by atoms with Crippen molar-refractivity contribution in [2.24, 2.45) is 5.92 Å². The molecule has 1 aliphatic rings. The summed E-state index contributed by atoms with van der Waals surface area (Å²) in [4.78, 5) is 0. The topological polar surface area (TPSA) is 32.3 Å². The van der Waals surface area contributed by atoms with E-state index >= 15 is 0 Å². The molecule has 0 radical (unpaired) electrons. The Balaban J connectivity index is 2.27. The van der Waals surface area contributed by atoms with Gasteiger partial charge in [0, 0.05) is 11.6 Å². The molecule has 0 unspecified atom stereocenters. The fraction of sp³-hybridized carbons (Fsp3) is 0.714. The van der Waals surface area contributed by atoms with E-state index in [0.717, 1.165) is 24.3 Å². The van der Waals surface area contributed by atoms with Gasteiger partial charge in [0.1, 0.15) is 0 Å². The van der Waals surface area contributed by atoms with Crippen LogP contribution in [-0.2, 0) is 0 Å². The van der Waals surface area contributed by atoms with Gasteiger partial charge in [0.25, 0.3) is 0 Å². The van der Waals surface area contributed by atoms with Crippen LogP contribution in [0.2, 0.25) is 0 Å². The minimum absolute atomic E-state index is 0.562. The van der Waals surface area contributed by atoms with Gasteiger partial charge in [-0.05, 0) is 25.2 Å². The third-order valence-electron chi connectivity index (χ3n) is 1.84. The molecule has 0 fully saturated rings. The number of hydrogen-bond acceptors (Lipinski definition) is 2. The van der Waals surface area contributed by atoms with Gasteiger partial charge in [-0.15, -0.1) is 0 Å². The molecule has 0 aromatic rings. The zero-order valence-corrected chi connectivity index (χ0v) is 6.56. The average Bonchev–Trinajstić information content (AvgIpc) is 1.95. The number of halogens is 1. The third-order valence-corrected chi connectivity index (χ3v) is 2.19. The molecule has 0 amide bonds. The Morgan fingerprint density at radius 2 is 2.60 bits per heavy atom. The van der Waals surface area contributed by atoms with Crippen LogP contribution in [-0.4, -0.2) is 11.8 Å². The molecule has 0 heterocycles. The standard InChI is InChI=1S/C7H12ClNO/c8-7-3-1-6(2-4-7)5-9-10/h3,6,9-10H,1-2,4-5H2/t6-/m1/s1. The normalized spacial score (nSPS) is 26.2. The van der Waals surface area contributed by atoms with E-state index in [2.05, 4.69) is 5.48 Å². The van der Waals surface area contributed by atoms with Crippen molar-refractivity contribution in [3.8, 4) is 0 Å². The lowest BCUT2D eigenvalue weighted by atomic mass is 9.95. The van der Waals surface area contributed by atoms with Gasteiger partial charge in [-0.2, -0.15) is 0 Å². The van der Waals surface area contributed by atoms with Gasteiger partial charge >= 0.3 is 0 Å². The van der Waals surface area contributed by atoms with Crippen molar-refractivity contribution < 1.29 is 5.21 Å². The van der Waals surface area contributed by atoms with Crippen LogP contribution in [0.4, 0.5) is 0 Å². The van der Waals surface area contributed by atoms with Crippen molar-refractivity contribution >= 4 is 11.6 Å². The second-order valence-corrected chi connectivity index (χ2v) is 3.14. The van der Waals surface area contributed by atoms with Gasteiger partial charge < -0.3 is 5.21 Å². The lowest BCUT2D eigenvalue weighted by Crippen LogP contribution is -2.20. The minimum atomic E-state index is 0.562. The summed E-state index contributed by atoms with van der Waals surface area (Å²) in [6.07, 6.45) is 5.08. The molecule has 0 spiro atoms. The summed E-state index contributed by atoms with van der Waals surface area (Å²) in [6.45, 7) is 0.681. The fourth-order valence-corrected chi connectivity index (χ4v) is 1.37. The van der Waals surface area contributed by atoms with Crippen molar-refractivity contribution in [2.45, 2.75) is 19.3 Å². The van der Waals surface area contributed by atoms with Crippen LogP contribution >= 0.6 is 11.6 Å². The Hall–Kier alpha value is -0.0500. The summed E-state index contributed by atoms with van der Waals surface area (Å²) in [6, 6.07) is 0. The quantitative estimate of drug-likeness (QED) is 0.607. The van der Waals surface area contributed by atoms with E-state index in [1.165, 1.54) is 0 Å². The average molecular weight is 162 g/mol. The largest absolute Gasteiger partial charge is 0.317 e. The fourth-order valence-electron chi connectivity index (χ4n) is 1.17. The number of hydrogen-bond donors (Lipinski definition) is 2. The molecule has 0 aromatic carbocycles. The first kappa shape index (κ1) is 8.05. The van der Waals surface area contributed by atoms with Gasteiger partial charge in [-0.1, -0.05) is 17.7 Å². The molecule has 2 N–H and O–H groups in total. The molecule has 1 atom stereocenters. The van der Waals surface area contributed by atoms with Crippen LogP contribution < -0.4 is 5.48 Å². The molecule has 0 saturated carbocycles. The second kappa shape index (κ2) is 3.96. The number of hydroxylamine groups is 1. The van der Waals surface area contributed by atoms with Gasteiger partial charge in [0.05, 0.1) is 0 Å².